The number of fused-ring (bicyclic) bond motifs is 1. The molecule has 0 spiro atoms. The third-order valence-corrected chi connectivity index (χ3v) is 2.34. The van der Waals surface area contributed by atoms with Gasteiger partial charge < -0.3 is 5.32 Å². The van der Waals surface area contributed by atoms with Crippen molar-refractivity contribution < 1.29 is 0 Å². The van der Waals surface area contributed by atoms with E-state index in [0.717, 1.165) is 22.9 Å². The van der Waals surface area contributed by atoms with Gasteiger partial charge in [-0.05, 0) is 6.07 Å². The minimum absolute atomic E-state index is 0.492. The molecule has 11 heavy (non-hydrogen) atoms. The number of hydrogen-bond acceptors (Lipinski definition) is 2. The van der Waals surface area contributed by atoms with Crippen molar-refractivity contribution in [3.8, 4) is 0 Å². The van der Waals surface area contributed by atoms with Gasteiger partial charge in [-0.15, -0.1) is 0 Å². The van der Waals surface area contributed by atoms with E-state index in [9.17, 15) is 0 Å². The van der Waals surface area contributed by atoms with E-state index in [1.165, 1.54) is 0 Å². The van der Waals surface area contributed by atoms with Gasteiger partial charge in [-0.2, -0.15) is 0 Å². The molecule has 58 valence electrons. The Hall–Kier alpha value is -0.760. The molecule has 1 N–H and O–H groups in total. The first-order valence-corrected chi connectivity index (χ1v) is 4.05. The monoisotopic (exact) mass is 168 g/mol. The Kier molecular flexibility index (Phi) is 1.50. The molecule has 1 aliphatic rings. The molecule has 0 aromatic carbocycles. The summed E-state index contributed by atoms with van der Waals surface area (Å²) in [4.78, 5) is 4.17. The molecule has 0 saturated heterocycles. The smallest absolute Gasteiger partial charge is 0.130 e. The van der Waals surface area contributed by atoms with Crippen LogP contribution in [0.5, 0.6) is 0 Å². The highest BCUT2D eigenvalue weighted by atomic mass is 35.5. The minimum atomic E-state index is 0.492. The molecule has 2 nitrogen and oxygen atoms in total. The summed E-state index contributed by atoms with van der Waals surface area (Å²) >= 11 is 5.98. The van der Waals surface area contributed by atoms with E-state index in [4.69, 9.17) is 11.6 Å². The molecule has 2 heterocycles. The molecule has 0 radical (unpaired) electrons. The fourth-order valence-corrected chi connectivity index (χ4v) is 1.74. The zero-order chi connectivity index (χ0) is 7.84. The third kappa shape index (κ3) is 0.979. The molecule has 1 aromatic heterocycles. The topological polar surface area (TPSA) is 24.9 Å². The molecule has 1 unspecified atom stereocenters. The van der Waals surface area contributed by atoms with E-state index in [1.807, 2.05) is 6.07 Å². The van der Waals surface area contributed by atoms with Gasteiger partial charge in [-0.1, -0.05) is 18.5 Å². The Morgan fingerprint density at radius 3 is 3.27 bits per heavy atom. The van der Waals surface area contributed by atoms with Gasteiger partial charge in [0.1, 0.15) is 5.82 Å². The third-order valence-electron chi connectivity index (χ3n) is 2.01. The summed E-state index contributed by atoms with van der Waals surface area (Å²) in [7, 11) is 0. The number of nitrogens with one attached hydrogen (secondary N) is 1. The van der Waals surface area contributed by atoms with Crippen LogP contribution in [0, 0.1) is 0 Å². The normalized spacial score (nSPS) is 21.1. The van der Waals surface area contributed by atoms with Gasteiger partial charge in [-0.3, -0.25) is 0 Å². The van der Waals surface area contributed by atoms with Gasteiger partial charge >= 0.3 is 0 Å². The second kappa shape index (κ2) is 2.38. The molecule has 3 heteroatoms. The van der Waals surface area contributed by atoms with Crippen molar-refractivity contribution in [2.75, 3.05) is 11.9 Å². The van der Waals surface area contributed by atoms with Gasteiger partial charge in [-0.25, -0.2) is 4.98 Å². The van der Waals surface area contributed by atoms with E-state index in [-0.39, 0.29) is 0 Å². The zero-order valence-corrected chi connectivity index (χ0v) is 7.02. The van der Waals surface area contributed by atoms with Crippen LogP contribution in [0.25, 0.3) is 0 Å². The van der Waals surface area contributed by atoms with Crippen LogP contribution in [0.4, 0.5) is 5.82 Å². The first-order chi connectivity index (χ1) is 5.29. The van der Waals surface area contributed by atoms with Crippen LogP contribution in [0.1, 0.15) is 18.4 Å². The van der Waals surface area contributed by atoms with Crippen LogP contribution < -0.4 is 5.32 Å². The van der Waals surface area contributed by atoms with Gasteiger partial charge in [0.05, 0.1) is 0 Å². The maximum atomic E-state index is 5.98. The van der Waals surface area contributed by atoms with E-state index in [1.54, 1.807) is 6.20 Å². The highest BCUT2D eigenvalue weighted by molar-refractivity contribution is 6.31. The molecule has 2 rings (SSSR count). The fourth-order valence-electron chi connectivity index (χ4n) is 1.41. The van der Waals surface area contributed by atoms with Gasteiger partial charge in [0, 0.05) is 29.2 Å². The minimum Gasteiger partial charge on any atom is -0.369 e. The Morgan fingerprint density at radius 1 is 1.73 bits per heavy atom. The number of halogens is 1. The average Bonchev–Trinajstić information content (AvgIpc) is 2.34. The highest BCUT2D eigenvalue weighted by Crippen LogP contribution is 2.34. The molecule has 0 aliphatic carbocycles. The lowest BCUT2D eigenvalue weighted by Gasteiger charge is -2.02. The predicted octanol–water partition coefficient (Wildman–Crippen LogP) is 2.26. The van der Waals surface area contributed by atoms with Crippen molar-refractivity contribution in [2.24, 2.45) is 0 Å². The van der Waals surface area contributed by atoms with Crippen LogP contribution in [-0.2, 0) is 0 Å². The standard InChI is InChI=1S/C8H9ClN2/c1-5-4-11-8-7(5)6(9)2-3-10-8/h2-3,5H,4H2,1H3,(H,10,11). The van der Waals surface area contributed by atoms with E-state index in [2.05, 4.69) is 17.2 Å². The van der Waals surface area contributed by atoms with Crippen LogP contribution in [0.2, 0.25) is 5.02 Å². The van der Waals surface area contributed by atoms with Crippen molar-refractivity contribution in [1.82, 2.24) is 4.98 Å². The summed E-state index contributed by atoms with van der Waals surface area (Å²) in [6, 6.07) is 1.84. The molecular formula is C8H9ClN2. The average molecular weight is 169 g/mol. The lowest BCUT2D eigenvalue weighted by Crippen LogP contribution is -1.96. The summed E-state index contributed by atoms with van der Waals surface area (Å²) in [5.74, 6) is 1.44. The highest BCUT2D eigenvalue weighted by Gasteiger charge is 2.21. The second-order valence-corrected chi connectivity index (χ2v) is 3.24. The Bertz CT molecular complexity index is 285. The summed E-state index contributed by atoms with van der Waals surface area (Å²) in [5.41, 5.74) is 1.16. The van der Waals surface area contributed by atoms with Gasteiger partial charge in [0.15, 0.2) is 0 Å². The SMILES string of the molecule is CC1CNc2nccc(Cl)c21. The maximum Gasteiger partial charge on any atom is 0.130 e. The first kappa shape index (κ1) is 6.92. The van der Waals surface area contributed by atoms with Crippen LogP contribution in [-0.4, -0.2) is 11.5 Å². The molecular weight excluding hydrogens is 160 g/mol. The molecule has 0 fully saturated rings. The molecule has 1 atom stereocenters. The molecule has 0 amide bonds. The molecule has 0 saturated carbocycles. The second-order valence-electron chi connectivity index (χ2n) is 2.84. The number of aromatic nitrogens is 1. The largest absolute Gasteiger partial charge is 0.369 e. The Morgan fingerprint density at radius 2 is 2.55 bits per heavy atom. The number of nitrogens with zero attached hydrogens (tertiary/aromatic N) is 1. The van der Waals surface area contributed by atoms with Crippen molar-refractivity contribution in [2.45, 2.75) is 12.8 Å². The zero-order valence-electron chi connectivity index (χ0n) is 6.26. The van der Waals surface area contributed by atoms with Gasteiger partial charge in [0.2, 0.25) is 0 Å². The molecule has 0 bridgehead atoms. The maximum absolute atomic E-state index is 5.98. The Balaban J connectivity index is 2.58. The van der Waals surface area contributed by atoms with Crippen molar-refractivity contribution in [3.63, 3.8) is 0 Å². The van der Waals surface area contributed by atoms with Crippen molar-refractivity contribution in [1.29, 1.82) is 0 Å². The lowest BCUT2D eigenvalue weighted by molar-refractivity contribution is 0.854. The van der Waals surface area contributed by atoms with E-state index >= 15 is 0 Å². The van der Waals surface area contributed by atoms with Crippen LogP contribution in [0.3, 0.4) is 0 Å². The molecule has 1 aliphatic heterocycles. The number of hydrogen-bond donors (Lipinski definition) is 1. The summed E-state index contributed by atoms with van der Waals surface area (Å²) in [6.07, 6.45) is 1.73. The van der Waals surface area contributed by atoms with Crippen molar-refractivity contribution in [3.05, 3.63) is 22.8 Å². The number of rotatable bonds is 0. The number of pyridine rings is 1. The lowest BCUT2D eigenvalue weighted by atomic mass is 10.1. The summed E-state index contributed by atoms with van der Waals surface area (Å²) in [6.45, 7) is 3.10. The van der Waals surface area contributed by atoms with E-state index in [0.29, 0.717) is 5.92 Å². The van der Waals surface area contributed by atoms with Gasteiger partial charge in [0.25, 0.3) is 0 Å². The van der Waals surface area contributed by atoms with Crippen LogP contribution >= 0.6 is 11.6 Å². The fraction of sp³-hybridized carbons (Fsp3) is 0.375. The van der Waals surface area contributed by atoms with Crippen molar-refractivity contribution >= 4 is 17.4 Å². The quantitative estimate of drug-likeness (QED) is 0.643. The van der Waals surface area contributed by atoms with E-state index < -0.39 is 0 Å². The van der Waals surface area contributed by atoms with Crippen LogP contribution in [0.15, 0.2) is 12.3 Å². The first-order valence-electron chi connectivity index (χ1n) is 3.67. The number of anilines is 1. The molecule has 1 aromatic rings. The summed E-state index contributed by atoms with van der Waals surface area (Å²) in [5, 5.41) is 4.02. The Labute approximate surface area is 70.6 Å². The predicted molar refractivity (Wildman–Crippen MR) is 46.2 cm³/mol. The summed E-state index contributed by atoms with van der Waals surface area (Å²) < 4.78 is 0.